The van der Waals surface area contributed by atoms with Gasteiger partial charge in [-0.3, -0.25) is 5.41 Å². The van der Waals surface area contributed by atoms with E-state index in [2.05, 4.69) is 4.98 Å². The topological polar surface area (TPSA) is 67.7 Å². The molecule has 0 aliphatic heterocycles. The largest absolute Gasteiger partial charge is 0.384 e. The molecule has 0 saturated carbocycles. The van der Waals surface area contributed by atoms with Gasteiger partial charge >= 0.3 is 0 Å². The fraction of sp³-hybridized carbons (Fsp3) is 0.167. The van der Waals surface area contributed by atoms with Gasteiger partial charge in [0.25, 0.3) is 0 Å². The van der Waals surface area contributed by atoms with Gasteiger partial charge in [0.2, 0.25) is 3.79 Å². The summed E-state index contributed by atoms with van der Waals surface area (Å²) in [6, 6.07) is 7.34. The highest BCUT2D eigenvalue weighted by Gasteiger charge is 2.28. The zero-order valence-electron chi connectivity index (χ0n) is 9.78. The molecule has 1 aromatic heterocycles. The molecule has 0 spiro atoms. The van der Waals surface area contributed by atoms with Crippen molar-refractivity contribution in [1.82, 2.24) is 9.55 Å². The van der Waals surface area contributed by atoms with E-state index in [4.69, 9.17) is 45.9 Å². The zero-order valence-corrected chi connectivity index (χ0v) is 12.0. The molecular formula is C12H11Cl3N4. The lowest BCUT2D eigenvalue weighted by Crippen LogP contribution is -2.14. The maximum Gasteiger partial charge on any atom is 0.248 e. The summed E-state index contributed by atoms with van der Waals surface area (Å²) >= 11 is 17.5. The smallest absolute Gasteiger partial charge is 0.248 e. The van der Waals surface area contributed by atoms with Crippen LogP contribution in [0.4, 0.5) is 0 Å². The van der Waals surface area contributed by atoms with Gasteiger partial charge in [-0.25, -0.2) is 4.98 Å². The number of nitrogens with one attached hydrogen (secondary N) is 1. The van der Waals surface area contributed by atoms with Gasteiger partial charge < -0.3 is 10.3 Å². The van der Waals surface area contributed by atoms with Crippen molar-refractivity contribution >= 4 is 40.6 Å². The average Bonchev–Trinajstić information content (AvgIpc) is 2.77. The molecular weight excluding hydrogens is 307 g/mol. The first-order valence-corrected chi connectivity index (χ1v) is 6.53. The Balaban J connectivity index is 2.29. The predicted molar refractivity (Wildman–Crippen MR) is 78.0 cm³/mol. The lowest BCUT2D eigenvalue weighted by Gasteiger charge is -2.14. The monoisotopic (exact) mass is 316 g/mol. The second kappa shape index (κ2) is 5.41. The Bertz CT molecular complexity index is 601. The lowest BCUT2D eigenvalue weighted by molar-refractivity contribution is 0.737. The number of aromatic nitrogens is 2. The van der Waals surface area contributed by atoms with Crippen LogP contribution in [-0.2, 0) is 10.3 Å². The third-order valence-corrected chi connectivity index (χ3v) is 3.07. The Morgan fingerprint density at radius 3 is 2.74 bits per heavy atom. The van der Waals surface area contributed by atoms with E-state index in [-0.39, 0.29) is 5.84 Å². The van der Waals surface area contributed by atoms with Crippen LogP contribution >= 0.6 is 34.8 Å². The highest BCUT2D eigenvalue weighted by atomic mass is 35.6. The molecule has 0 fully saturated rings. The molecule has 2 aromatic rings. The van der Waals surface area contributed by atoms with Crippen LogP contribution in [0.5, 0.6) is 0 Å². The fourth-order valence-electron chi connectivity index (χ4n) is 1.73. The van der Waals surface area contributed by atoms with Crippen LogP contribution in [0, 0.1) is 5.41 Å². The molecule has 2 rings (SSSR count). The number of halogens is 3. The Labute approximate surface area is 125 Å². The van der Waals surface area contributed by atoms with E-state index in [1.807, 2.05) is 18.2 Å². The van der Waals surface area contributed by atoms with Crippen LogP contribution < -0.4 is 5.73 Å². The molecule has 0 saturated heterocycles. The van der Waals surface area contributed by atoms with Gasteiger partial charge in [-0.15, -0.1) is 0 Å². The number of rotatable bonds is 3. The molecule has 0 unspecified atom stereocenters. The third-order valence-electron chi connectivity index (χ3n) is 2.56. The van der Waals surface area contributed by atoms with Gasteiger partial charge in [-0.05, 0) is 11.6 Å². The van der Waals surface area contributed by atoms with Crippen molar-refractivity contribution in [2.24, 2.45) is 5.73 Å². The molecule has 1 heterocycles. The van der Waals surface area contributed by atoms with Crippen molar-refractivity contribution in [1.29, 1.82) is 5.41 Å². The Kier molecular flexibility index (Phi) is 4.04. The Hall–Kier alpha value is -1.23. The minimum absolute atomic E-state index is 0.0223. The summed E-state index contributed by atoms with van der Waals surface area (Å²) < 4.78 is 0.175. The van der Waals surface area contributed by atoms with Crippen molar-refractivity contribution in [3.8, 4) is 0 Å². The number of hydrogen-bond donors (Lipinski definition) is 2. The molecule has 3 N–H and O–H groups in total. The third kappa shape index (κ3) is 3.41. The molecule has 0 atom stereocenters. The molecule has 19 heavy (non-hydrogen) atoms. The number of nitrogen functional groups attached to an aromatic ring is 1. The van der Waals surface area contributed by atoms with Gasteiger partial charge in [0.05, 0.1) is 0 Å². The van der Waals surface area contributed by atoms with E-state index < -0.39 is 3.79 Å². The van der Waals surface area contributed by atoms with Crippen LogP contribution in [-0.4, -0.2) is 15.4 Å². The van der Waals surface area contributed by atoms with Crippen LogP contribution in [0.2, 0.25) is 0 Å². The van der Waals surface area contributed by atoms with Gasteiger partial charge in [0, 0.05) is 24.5 Å². The standard InChI is InChI=1S/C12H11Cl3N4/c13-12(14,15)11-18-4-5-19(11)7-8-2-1-3-9(6-8)10(16)17/h1-6H,7H2,(H3,16,17). The van der Waals surface area contributed by atoms with Crippen LogP contribution in [0.15, 0.2) is 36.7 Å². The number of alkyl halides is 3. The highest BCUT2D eigenvalue weighted by molar-refractivity contribution is 6.66. The summed E-state index contributed by atoms with van der Waals surface area (Å²) in [5.41, 5.74) is 7.06. The van der Waals surface area contributed by atoms with Crippen molar-refractivity contribution < 1.29 is 0 Å². The molecule has 4 nitrogen and oxygen atoms in total. The predicted octanol–water partition coefficient (Wildman–Crippen LogP) is 3.04. The Morgan fingerprint density at radius 2 is 2.11 bits per heavy atom. The molecule has 0 amide bonds. The summed E-state index contributed by atoms with van der Waals surface area (Å²) in [6.07, 6.45) is 3.31. The summed E-state index contributed by atoms with van der Waals surface area (Å²) in [4.78, 5) is 4.04. The van der Waals surface area contributed by atoms with Crippen LogP contribution in [0.3, 0.4) is 0 Å². The number of nitrogens with zero attached hydrogens (tertiary/aromatic N) is 2. The van der Waals surface area contributed by atoms with E-state index in [1.165, 1.54) is 0 Å². The zero-order chi connectivity index (χ0) is 14.0. The van der Waals surface area contributed by atoms with Gasteiger partial charge in [0.1, 0.15) is 5.84 Å². The van der Waals surface area contributed by atoms with Crippen molar-refractivity contribution in [2.75, 3.05) is 0 Å². The Morgan fingerprint density at radius 1 is 1.37 bits per heavy atom. The molecule has 7 heteroatoms. The maximum atomic E-state index is 7.42. The van der Waals surface area contributed by atoms with E-state index in [1.54, 1.807) is 23.0 Å². The molecule has 0 aliphatic carbocycles. The quantitative estimate of drug-likeness (QED) is 0.519. The van der Waals surface area contributed by atoms with Crippen molar-refractivity contribution in [3.63, 3.8) is 0 Å². The fourth-order valence-corrected chi connectivity index (χ4v) is 2.20. The number of nitrogens with two attached hydrogens (primary N) is 1. The summed E-state index contributed by atoms with van der Waals surface area (Å²) in [5, 5.41) is 7.42. The number of amidine groups is 1. The van der Waals surface area contributed by atoms with E-state index in [0.717, 1.165) is 5.56 Å². The first-order chi connectivity index (χ1) is 8.88. The molecule has 0 bridgehead atoms. The summed E-state index contributed by atoms with van der Waals surface area (Å²) in [5.74, 6) is 0.375. The minimum atomic E-state index is -1.57. The maximum absolute atomic E-state index is 7.42. The molecule has 0 aliphatic rings. The normalized spacial score (nSPS) is 11.5. The number of benzene rings is 1. The molecule has 0 radical (unpaired) electrons. The SMILES string of the molecule is N=C(N)c1cccc(Cn2ccnc2C(Cl)(Cl)Cl)c1. The first-order valence-electron chi connectivity index (χ1n) is 5.39. The average molecular weight is 318 g/mol. The van der Waals surface area contributed by atoms with Crippen molar-refractivity contribution in [3.05, 3.63) is 53.6 Å². The van der Waals surface area contributed by atoms with Crippen LogP contribution in [0.1, 0.15) is 17.0 Å². The second-order valence-corrected chi connectivity index (χ2v) is 6.27. The number of imidazole rings is 1. The van der Waals surface area contributed by atoms with E-state index >= 15 is 0 Å². The number of hydrogen-bond acceptors (Lipinski definition) is 2. The first kappa shape index (κ1) is 14.2. The van der Waals surface area contributed by atoms with Gasteiger partial charge in [-0.2, -0.15) is 0 Å². The van der Waals surface area contributed by atoms with Gasteiger partial charge in [0.15, 0.2) is 5.82 Å². The minimum Gasteiger partial charge on any atom is -0.384 e. The van der Waals surface area contributed by atoms with Gasteiger partial charge in [-0.1, -0.05) is 53.0 Å². The summed E-state index contributed by atoms with van der Waals surface area (Å²) in [7, 11) is 0. The highest BCUT2D eigenvalue weighted by Crippen LogP contribution is 2.37. The van der Waals surface area contributed by atoms with Crippen molar-refractivity contribution in [2.45, 2.75) is 10.3 Å². The molecule has 100 valence electrons. The van der Waals surface area contributed by atoms with Crippen LogP contribution in [0.25, 0.3) is 0 Å². The summed E-state index contributed by atoms with van der Waals surface area (Å²) in [6.45, 7) is 0.490. The lowest BCUT2D eigenvalue weighted by atomic mass is 10.1. The molecule has 1 aromatic carbocycles. The van der Waals surface area contributed by atoms with E-state index in [9.17, 15) is 0 Å². The second-order valence-electron chi connectivity index (χ2n) is 3.99. The van der Waals surface area contributed by atoms with E-state index in [0.29, 0.717) is 17.9 Å².